The van der Waals surface area contributed by atoms with E-state index in [1.54, 1.807) is 6.07 Å². The highest BCUT2D eigenvalue weighted by Crippen LogP contribution is 2.44. The summed E-state index contributed by atoms with van der Waals surface area (Å²) in [6.45, 7) is 0.187. The van der Waals surface area contributed by atoms with E-state index < -0.39 is 18.0 Å². The van der Waals surface area contributed by atoms with Crippen LogP contribution in [-0.2, 0) is 14.3 Å². The number of hydrogen-bond donors (Lipinski definition) is 3. The molecule has 2 amide bonds. The SMILES string of the molecule is O=C(COCCNC(=O)OCC1c2ccccc2-c2ccccc21)Nc1ccc(I)cc1C(=O)O. The molecule has 0 aliphatic heterocycles. The number of amides is 2. The quantitative estimate of drug-likeness (QED) is 0.252. The summed E-state index contributed by atoms with van der Waals surface area (Å²) in [6.07, 6.45) is -0.565. The van der Waals surface area contributed by atoms with Crippen molar-refractivity contribution in [2.45, 2.75) is 5.92 Å². The van der Waals surface area contributed by atoms with E-state index in [1.807, 2.05) is 46.9 Å². The van der Waals surface area contributed by atoms with Crippen LogP contribution in [0.4, 0.5) is 10.5 Å². The molecule has 9 heteroatoms. The van der Waals surface area contributed by atoms with Gasteiger partial charge in [-0.15, -0.1) is 0 Å². The highest BCUT2D eigenvalue weighted by Gasteiger charge is 2.28. The maximum absolute atomic E-state index is 12.2. The van der Waals surface area contributed by atoms with Gasteiger partial charge in [0.15, 0.2) is 0 Å². The fourth-order valence-electron chi connectivity index (χ4n) is 4.03. The number of benzene rings is 3. The van der Waals surface area contributed by atoms with Crippen molar-refractivity contribution in [3.05, 3.63) is 87.0 Å². The zero-order valence-corrected chi connectivity index (χ0v) is 20.8. The van der Waals surface area contributed by atoms with Crippen LogP contribution in [0.1, 0.15) is 27.4 Å². The first-order valence-electron chi connectivity index (χ1n) is 10.9. The Morgan fingerprint density at radius 3 is 2.26 bits per heavy atom. The standard InChI is InChI=1S/C26H23IN2O6/c27-16-9-10-23(21(13-16)25(31)32)29-24(30)15-34-12-11-28-26(33)35-14-22-19-7-3-1-5-17(19)18-6-2-4-8-20(18)22/h1-10,13,22H,11-12,14-15H2,(H,28,33)(H,29,30)(H,31,32). The third-order valence-corrected chi connectivity index (χ3v) is 6.25. The van der Waals surface area contributed by atoms with E-state index in [2.05, 4.69) is 34.9 Å². The molecule has 0 bridgehead atoms. The Morgan fingerprint density at radius 1 is 0.943 bits per heavy atom. The van der Waals surface area contributed by atoms with Crippen molar-refractivity contribution in [1.29, 1.82) is 0 Å². The van der Waals surface area contributed by atoms with Gasteiger partial charge in [0.2, 0.25) is 5.91 Å². The number of aromatic carboxylic acids is 1. The average Bonchev–Trinajstić information content (AvgIpc) is 3.17. The first-order chi connectivity index (χ1) is 16.9. The lowest BCUT2D eigenvalue weighted by Gasteiger charge is -2.14. The Kier molecular flexibility index (Phi) is 7.98. The van der Waals surface area contributed by atoms with Gasteiger partial charge in [-0.1, -0.05) is 48.5 Å². The molecule has 4 rings (SSSR count). The summed E-state index contributed by atoms with van der Waals surface area (Å²) in [7, 11) is 0. The number of hydrogen-bond acceptors (Lipinski definition) is 5. The van der Waals surface area contributed by atoms with Gasteiger partial charge in [0.25, 0.3) is 0 Å². The van der Waals surface area contributed by atoms with Crippen LogP contribution in [0.15, 0.2) is 66.7 Å². The number of alkyl carbamates (subject to hydrolysis) is 1. The minimum Gasteiger partial charge on any atom is -0.478 e. The Labute approximate surface area is 215 Å². The monoisotopic (exact) mass is 586 g/mol. The van der Waals surface area contributed by atoms with E-state index >= 15 is 0 Å². The average molecular weight is 586 g/mol. The minimum absolute atomic E-state index is 0.00201. The lowest BCUT2D eigenvalue weighted by atomic mass is 9.98. The summed E-state index contributed by atoms with van der Waals surface area (Å²) >= 11 is 2.00. The van der Waals surface area contributed by atoms with Gasteiger partial charge in [-0.25, -0.2) is 9.59 Å². The zero-order chi connectivity index (χ0) is 24.8. The molecule has 1 aliphatic rings. The van der Waals surface area contributed by atoms with Crippen LogP contribution >= 0.6 is 22.6 Å². The number of rotatable bonds is 9. The number of nitrogens with one attached hydrogen (secondary N) is 2. The van der Waals surface area contributed by atoms with Gasteiger partial charge in [0.1, 0.15) is 13.2 Å². The van der Waals surface area contributed by atoms with E-state index in [0.717, 1.165) is 25.8 Å². The predicted octanol–water partition coefficient (Wildman–Crippen LogP) is 4.48. The molecule has 0 atom stereocenters. The molecule has 3 N–H and O–H groups in total. The molecule has 0 spiro atoms. The summed E-state index contributed by atoms with van der Waals surface area (Å²) in [5.41, 5.74) is 4.78. The number of anilines is 1. The van der Waals surface area contributed by atoms with Gasteiger partial charge in [0.05, 0.1) is 17.9 Å². The van der Waals surface area contributed by atoms with E-state index in [4.69, 9.17) is 9.47 Å². The summed E-state index contributed by atoms with van der Waals surface area (Å²) in [5.74, 6) is -1.65. The number of ether oxygens (including phenoxy) is 2. The fourth-order valence-corrected chi connectivity index (χ4v) is 4.52. The Hall–Kier alpha value is -3.44. The van der Waals surface area contributed by atoms with E-state index in [1.165, 1.54) is 12.1 Å². The molecule has 8 nitrogen and oxygen atoms in total. The number of carboxylic acids is 1. The molecule has 3 aromatic rings. The maximum Gasteiger partial charge on any atom is 0.407 e. The molecule has 0 saturated carbocycles. The van der Waals surface area contributed by atoms with Gasteiger partial charge in [0, 0.05) is 16.0 Å². The van der Waals surface area contributed by atoms with E-state index in [-0.39, 0.29) is 43.5 Å². The van der Waals surface area contributed by atoms with Crippen molar-refractivity contribution in [3.8, 4) is 11.1 Å². The Bertz CT molecular complexity index is 1220. The molecule has 0 heterocycles. The summed E-state index contributed by atoms with van der Waals surface area (Å²) in [6, 6.07) is 20.9. The van der Waals surface area contributed by atoms with Crippen LogP contribution in [0, 0.1) is 3.57 Å². The van der Waals surface area contributed by atoms with Gasteiger partial charge < -0.3 is 25.2 Å². The van der Waals surface area contributed by atoms with Crippen LogP contribution in [-0.4, -0.2) is 49.4 Å². The molecular formula is C26H23IN2O6. The van der Waals surface area contributed by atoms with Crippen molar-refractivity contribution in [1.82, 2.24) is 5.32 Å². The van der Waals surface area contributed by atoms with Gasteiger partial charge >= 0.3 is 12.1 Å². The number of carbonyl (C=O) groups is 3. The van der Waals surface area contributed by atoms with Crippen molar-refractivity contribution in [2.75, 3.05) is 31.7 Å². The van der Waals surface area contributed by atoms with Crippen LogP contribution < -0.4 is 10.6 Å². The second-order valence-corrected chi connectivity index (χ2v) is 9.09. The molecule has 180 valence electrons. The Morgan fingerprint density at radius 2 is 1.60 bits per heavy atom. The normalized spacial score (nSPS) is 11.9. The molecule has 35 heavy (non-hydrogen) atoms. The summed E-state index contributed by atoms with van der Waals surface area (Å²) in [4.78, 5) is 35.6. The molecule has 0 unspecified atom stereocenters. The first-order valence-corrected chi connectivity index (χ1v) is 12.0. The number of halogens is 1. The molecule has 3 aromatic carbocycles. The Balaban J connectivity index is 1.19. The topological polar surface area (TPSA) is 114 Å². The minimum atomic E-state index is -1.13. The van der Waals surface area contributed by atoms with Crippen LogP contribution in [0.3, 0.4) is 0 Å². The van der Waals surface area contributed by atoms with E-state index in [0.29, 0.717) is 0 Å². The van der Waals surface area contributed by atoms with Gasteiger partial charge in [-0.3, -0.25) is 4.79 Å². The predicted molar refractivity (Wildman–Crippen MR) is 139 cm³/mol. The second-order valence-electron chi connectivity index (χ2n) is 7.85. The lowest BCUT2D eigenvalue weighted by molar-refractivity contribution is -0.120. The highest BCUT2D eigenvalue weighted by atomic mass is 127. The number of fused-ring (bicyclic) bond motifs is 3. The third-order valence-electron chi connectivity index (χ3n) is 5.58. The molecule has 0 fully saturated rings. The maximum atomic E-state index is 12.2. The fraction of sp³-hybridized carbons (Fsp3) is 0.192. The van der Waals surface area contributed by atoms with Crippen molar-refractivity contribution >= 4 is 46.2 Å². The van der Waals surface area contributed by atoms with Crippen LogP contribution in [0.25, 0.3) is 11.1 Å². The summed E-state index contributed by atoms with van der Waals surface area (Å²) < 4.78 is 11.5. The van der Waals surface area contributed by atoms with Crippen LogP contribution in [0.2, 0.25) is 0 Å². The second kappa shape index (κ2) is 11.3. The third kappa shape index (κ3) is 5.98. The zero-order valence-electron chi connectivity index (χ0n) is 18.6. The van der Waals surface area contributed by atoms with Gasteiger partial charge in [-0.2, -0.15) is 0 Å². The smallest absolute Gasteiger partial charge is 0.407 e. The first kappa shape index (κ1) is 24.7. The van der Waals surface area contributed by atoms with Crippen molar-refractivity contribution < 1.29 is 29.0 Å². The molecule has 1 aliphatic carbocycles. The largest absolute Gasteiger partial charge is 0.478 e. The summed E-state index contributed by atoms with van der Waals surface area (Å²) in [5, 5.41) is 14.4. The molecular weight excluding hydrogens is 563 g/mol. The molecule has 0 radical (unpaired) electrons. The highest BCUT2D eigenvalue weighted by molar-refractivity contribution is 14.1. The molecule has 0 saturated heterocycles. The van der Waals surface area contributed by atoms with E-state index in [9.17, 15) is 19.5 Å². The van der Waals surface area contributed by atoms with Crippen molar-refractivity contribution in [2.24, 2.45) is 0 Å². The van der Waals surface area contributed by atoms with Crippen molar-refractivity contribution in [3.63, 3.8) is 0 Å². The van der Waals surface area contributed by atoms with Gasteiger partial charge in [-0.05, 0) is 63.0 Å². The van der Waals surface area contributed by atoms with Crippen LogP contribution in [0.5, 0.6) is 0 Å². The molecule has 0 aromatic heterocycles. The number of carbonyl (C=O) groups excluding carboxylic acids is 2. The lowest BCUT2D eigenvalue weighted by Crippen LogP contribution is -2.30. The number of carboxylic acid groups (broad SMARTS) is 1.